The van der Waals surface area contributed by atoms with Crippen molar-refractivity contribution >= 4 is 0 Å². The highest BCUT2D eigenvalue weighted by atomic mass is 15.3. The van der Waals surface area contributed by atoms with E-state index in [9.17, 15) is 0 Å². The maximum atomic E-state index is 4.26. The number of rotatable bonds is 3. The minimum absolute atomic E-state index is 0.262. The number of aromatic nitrogens is 2. The molecule has 0 bridgehead atoms. The minimum atomic E-state index is 0.262. The SMILES string of the molecule is CCN1CCN(Cc2cnc(C)nc2)CC1(C)C. The van der Waals surface area contributed by atoms with Crippen LogP contribution in [-0.2, 0) is 6.54 Å². The highest BCUT2D eigenvalue weighted by Gasteiger charge is 2.32. The molecule has 2 heterocycles. The van der Waals surface area contributed by atoms with Crippen molar-refractivity contribution in [2.24, 2.45) is 0 Å². The van der Waals surface area contributed by atoms with Gasteiger partial charge in [-0.25, -0.2) is 9.97 Å². The van der Waals surface area contributed by atoms with Crippen LogP contribution in [0.4, 0.5) is 0 Å². The summed E-state index contributed by atoms with van der Waals surface area (Å²) in [6.45, 7) is 14.3. The maximum Gasteiger partial charge on any atom is 0.125 e. The zero-order valence-corrected chi connectivity index (χ0v) is 12.0. The molecule has 0 aliphatic carbocycles. The van der Waals surface area contributed by atoms with Crippen LogP contribution in [0.25, 0.3) is 0 Å². The molecule has 0 aromatic carbocycles. The summed E-state index contributed by atoms with van der Waals surface area (Å²) in [5, 5.41) is 0. The van der Waals surface area contributed by atoms with Gasteiger partial charge in [0.05, 0.1) is 0 Å². The lowest BCUT2D eigenvalue weighted by Gasteiger charge is -2.46. The van der Waals surface area contributed by atoms with Gasteiger partial charge < -0.3 is 0 Å². The highest BCUT2D eigenvalue weighted by molar-refractivity contribution is 5.05. The molecule has 1 fully saturated rings. The fraction of sp³-hybridized carbons (Fsp3) is 0.714. The van der Waals surface area contributed by atoms with Crippen LogP contribution in [0.2, 0.25) is 0 Å². The molecule has 4 nitrogen and oxygen atoms in total. The van der Waals surface area contributed by atoms with E-state index < -0.39 is 0 Å². The second-order valence-corrected chi connectivity index (χ2v) is 5.74. The molecule has 18 heavy (non-hydrogen) atoms. The summed E-state index contributed by atoms with van der Waals surface area (Å²) < 4.78 is 0. The van der Waals surface area contributed by atoms with Gasteiger partial charge in [0.25, 0.3) is 0 Å². The van der Waals surface area contributed by atoms with Gasteiger partial charge in [-0.15, -0.1) is 0 Å². The summed E-state index contributed by atoms with van der Waals surface area (Å²) in [4.78, 5) is 13.6. The largest absolute Gasteiger partial charge is 0.296 e. The summed E-state index contributed by atoms with van der Waals surface area (Å²) in [6.07, 6.45) is 3.89. The molecule has 4 heteroatoms. The first-order valence-corrected chi connectivity index (χ1v) is 6.76. The maximum absolute atomic E-state index is 4.26. The molecule has 0 atom stereocenters. The molecule has 1 aliphatic heterocycles. The van der Waals surface area contributed by atoms with E-state index in [0.717, 1.165) is 38.5 Å². The Labute approximate surface area is 110 Å². The molecule has 2 rings (SSSR count). The number of likely N-dealkylation sites (N-methyl/N-ethyl adjacent to an activating group) is 1. The van der Waals surface area contributed by atoms with E-state index in [4.69, 9.17) is 0 Å². The van der Waals surface area contributed by atoms with Gasteiger partial charge in [0.15, 0.2) is 0 Å². The van der Waals surface area contributed by atoms with Crippen molar-refractivity contribution < 1.29 is 0 Å². The molecular weight excluding hydrogens is 224 g/mol. The minimum Gasteiger partial charge on any atom is -0.296 e. The third-order valence-electron chi connectivity index (χ3n) is 3.78. The molecule has 1 aromatic heterocycles. The smallest absolute Gasteiger partial charge is 0.125 e. The van der Waals surface area contributed by atoms with Gasteiger partial charge in [0.1, 0.15) is 5.82 Å². The van der Waals surface area contributed by atoms with E-state index >= 15 is 0 Å². The Morgan fingerprint density at radius 1 is 1.22 bits per heavy atom. The van der Waals surface area contributed by atoms with Crippen LogP contribution in [0.15, 0.2) is 12.4 Å². The first-order valence-electron chi connectivity index (χ1n) is 6.76. The van der Waals surface area contributed by atoms with Crippen LogP contribution < -0.4 is 0 Å². The molecule has 0 radical (unpaired) electrons. The summed E-state index contributed by atoms with van der Waals surface area (Å²) in [5.41, 5.74) is 1.47. The second-order valence-electron chi connectivity index (χ2n) is 5.74. The van der Waals surface area contributed by atoms with Crippen molar-refractivity contribution in [3.05, 3.63) is 23.8 Å². The number of hydrogen-bond donors (Lipinski definition) is 0. The van der Waals surface area contributed by atoms with Crippen LogP contribution in [0, 0.1) is 6.92 Å². The van der Waals surface area contributed by atoms with Gasteiger partial charge in [-0.1, -0.05) is 6.92 Å². The summed E-state index contributed by atoms with van der Waals surface area (Å²) in [6, 6.07) is 0. The van der Waals surface area contributed by atoms with Crippen molar-refractivity contribution in [3.63, 3.8) is 0 Å². The third-order valence-corrected chi connectivity index (χ3v) is 3.78. The quantitative estimate of drug-likeness (QED) is 0.815. The van der Waals surface area contributed by atoms with E-state index in [1.165, 1.54) is 5.56 Å². The van der Waals surface area contributed by atoms with Crippen molar-refractivity contribution in [2.75, 3.05) is 26.2 Å². The monoisotopic (exact) mass is 248 g/mol. The number of aryl methyl sites for hydroxylation is 1. The van der Waals surface area contributed by atoms with Gasteiger partial charge in [0, 0.05) is 49.7 Å². The Bertz CT molecular complexity index is 385. The van der Waals surface area contributed by atoms with Gasteiger partial charge in [0.2, 0.25) is 0 Å². The second kappa shape index (κ2) is 5.33. The fourth-order valence-corrected chi connectivity index (χ4v) is 2.77. The van der Waals surface area contributed by atoms with E-state index in [2.05, 4.69) is 40.5 Å². The molecule has 0 saturated carbocycles. The zero-order chi connectivity index (χ0) is 13.2. The molecule has 0 unspecified atom stereocenters. The van der Waals surface area contributed by atoms with Crippen molar-refractivity contribution in [2.45, 2.75) is 39.8 Å². The first kappa shape index (κ1) is 13.4. The summed E-state index contributed by atoms with van der Waals surface area (Å²) in [5.74, 6) is 0.842. The van der Waals surface area contributed by atoms with Crippen molar-refractivity contribution in [3.8, 4) is 0 Å². The van der Waals surface area contributed by atoms with Crippen LogP contribution in [0.5, 0.6) is 0 Å². The standard InChI is InChI=1S/C14H24N4/c1-5-18-7-6-17(11-14(18,3)4)10-13-8-15-12(2)16-9-13/h8-9H,5-7,10-11H2,1-4H3. The third kappa shape index (κ3) is 3.06. The van der Waals surface area contributed by atoms with Gasteiger partial charge in [-0.2, -0.15) is 0 Å². The Kier molecular flexibility index (Phi) is 3.97. The average Bonchev–Trinajstić information content (AvgIpc) is 2.31. The lowest BCUT2D eigenvalue weighted by molar-refractivity contribution is 0.0201. The van der Waals surface area contributed by atoms with E-state index in [1.807, 2.05) is 19.3 Å². The van der Waals surface area contributed by atoms with Crippen LogP contribution in [-0.4, -0.2) is 51.5 Å². The predicted molar refractivity (Wildman–Crippen MR) is 73.4 cm³/mol. The number of nitrogens with zero attached hydrogens (tertiary/aromatic N) is 4. The van der Waals surface area contributed by atoms with Gasteiger partial charge >= 0.3 is 0 Å². The normalized spacial score (nSPS) is 21.1. The molecule has 0 amide bonds. The molecule has 100 valence electrons. The Hall–Kier alpha value is -1.00. The van der Waals surface area contributed by atoms with Crippen LogP contribution in [0.1, 0.15) is 32.2 Å². The first-order chi connectivity index (χ1) is 8.51. The predicted octanol–water partition coefficient (Wildman–Crippen LogP) is 1.70. The Morgan fingerprint density at radius 2 is 1.89 bits per heavy atom. The lowest BCUT2D eigenvalue weighted by atomic mass is 9.98. The van der Waals surface area contributed by atoms with Gasteiger partial charge in [-0.3, -0.25) is 9.80 Å². The summed E-state index contributed by atoms with van der Waals surface area (Å²) >= 11 is 0. The van der Waals surface area contributed by atoms with E-state index in [1.54, 1.807) is 0 Å². The highest BCUT2D eigenvalue weighted by Crippen LogP contribution is 2.21. The van der Waals surface area contributed by atoms with Crippen LogP contribution >= 0.6 is 0 Å². The molecule has 0 N–H and O–H groups in total. The summed E-state index contributed by atoms with van der Waals surface area (Å²) in [7, 11) is 0. The van der Waals surface area contributed by atoms with Crippen molar-refractivity contribution in [1.82, 2.24) is 19.8 Å². The fourth-order valence-electron chi connectivity index (χ4n) is 2.77. The average molecular weight is 248 g/mol. The van der Waals surface area contributed by atoms with Crippen molar-refractivity contribution in [1.29, 1.82) is 0 Å². The number of piperazine rings is 1. The molecule has 0 spiro atoms. The Balaban J connectivity index is 1.97. The Morgan fingerprint density at radius 3 is 2.44 bits per heavy atom. The zero-order valence-electron chi connectivity index (χ0n) is 12.0. The molecule has 1 saturated heterocycles. The van der Waals surface area contributed by atoms with E-state index in [-0.39, 0.29) is 5.54 Å². The molecular formula is C14H24N4. The van der Waals surface area contributed by atoms with E-state index in [0.29, 0.717) is 0 Å². The van der Waals surface area contributed by atoms with Gasteiger partial charge in [-0.05, 0) is 27.3 Å². The number of hydrogen-bond acceptors (Lipinski definition) is 4. The van der Waals surface area contributed by atoms with Crippen LogP contribution in [0.3, 0.4) is 0 Å². The lowest BCUT2D eigenvalue weighted by Crippen LogP contribution is -2.58. The topological polar surface area (TPSA) is 32.3 Å². The molecule has 1 aliphatic rings. The molecule has 1 aromatic rings.